The van der Waals surface area contributed by atoms with E-state index in [1.54, 1.807) is 12.1 Å². The van der Waals surface area contributed by atoms with Gasteiger partial charge in [-0.15, -0.1) is 0 Å². The number of hydrogen-bond acceptors (Lipinski definition) is 3. The first-order chi connectivity index (χ1) is 9.72. The summed E-state index contributed by atoms with van der Waals surface area (Å²) in [7, 11) is 0. The molecule has 1 amide bonds. The molecule has 1 aromatic carbocycles. The van der Waals surface area contributed by atoms with Gasteiger partial charge in [-0.3, -0.25) is 4.79 Å². The number of benzene rings is 1. The lowest BCUT2D eigenvalue weighted by Crippen LogP contribution is -2.38. The number of rotatable bonds is 6. The number of aliphatic hydroxyl groups is 1. The van der Waals surface area contributed by atoms with Crippen LogP contribution in [0.3, 0.4) is 0 Å². The molecule has 0 aliphatic rings. The zero-order valence-corrected chi connectivity index (χ0v) is 11.5. The van der Waals surface area contributed by atoms with Crippen LogP contribution >= 0.6 is 0 Å². The minimum absolute atomic E-state index is 0.109. The Kier molecular flexibility index (Phi) is 4.96. The van der Waals surface area contributed by atoms with Crippen molar-refractivity contribution >= 4 is 5.91 Å². The van der Waals surface area contributed by atoms with Crippen molar-refractivity contribution in [2.75, 3.05) is 6.61 Å². The number of carbonyl (C=O) groups is 1. The molecule has 0 spiro atoms. The molecule has 0 aliphatic carbocycles. The van der Waals surface area contributed by atoms with E-state index in [-0.39, 0.29) is 24.3 Å². The normalized spacial score (nSPS) is 12.1. The van der Waals surface area contributed by atoms with Gasteiger partial charge in [0.05, 0.1) is 12.6 Å². The van der Waals surface area contributed by atoms with Crippen LogP contribution in [-0.2, 0) is 12.8 Å². The van der Waals surface area contributed by atoms with Crippen molar-refractivity contribution in [3.05, 3.63) is 59.5 Å². The van der Waals surface area contributed by atoms with E-state index in [1.165, 1.54) is 0 Å². The van der Waals surface area contributed by atoms with Crippen LogP contribution in [0.2, 0.25) is 0 Å². The lowest BCUT2D eigenvalue weighted by Gasteiger charge is -2.15. The molecule has 0 fully saturated rings. The van der Waals surface area contributed by atoms with Crippen LogP contribution in [0, 0.1) is 0 Å². The molecule has 0 saturated carbocycles. The Morgan fingerprint density at radius 1 is 1.25 bits per heavy atom. The van der Waals surface area contributed by atoms with Crippen LogP contribution < -0.4 is 5.32 Å². The number of carbonyl (C=O) groups excluding carboxylic acids is 1. The van der Waals surface area contributed by atoms with Gasteiger partial charge in [0.2, 0.25) is 0 Å². The highest BCUT2D eigenvalue weighted by molar-refractivity contribution is 5.91. The second-order valence-electron chi connectivity index (χ2n) is 4.66. The molecule has 0 unspecified atom stereocenters. The molecule has 0 aliphatic heterocycles. The topological polar surface area (TPSA) is 62.5 Å². The molecule has 0 saturated heterocycles. The van der Waals surface area contributed by atoms with Crippen LogP contribution in [0.25, 0.3) is 0 Å². The Hall–Kier alpha value is -2.07. The first-order valence-electron chi connectivity index (χ1n) is 6.77. The van der Waals surface area contributed by atoms with E-state index >= 15 is 0 Å². The SMILES string of the molecule is CCc1ccc(C(=O)N[C@@H](CO)Cc2ccccc2)o1. The van der Waals surface area contributed by atoms with Crippen LogP contribution in [0.5, 0.6) is 0 Å². The number of nitrogens with one attached hydrogen (secondary N) is 1. The standard InChI is InChI=1S/C16H19NO3/c1-2-14-8-9-15(20-14)16(19)17-13(11-18)10-12-6-4-3-5-7-12/h3-9,13,18H,2,10-11H2,1H3,(H,17,19)/t13-/m1/s1. The Balaban J connectivity index is 1.97. The van der Waals surface area contributed by atoms with E-state index in [9.17, 15) is 9.90 Å². The van der Waals surface area contributed by atoms with Crippen molar-refractivity contribution in [1.29, 1.82) is 0 Å². The van der Waals surface area contributed by atoms with Gasteiger partial charge in [-0.25, -0.2) is 0 Å². The fraction of sp³-hybridized carbons (Fsp3) is 0.312. The van der Waals surface area contributed by atoms with Crippen LogP contribution in [0.1, 0.15) is 28.8 Å². The molecular weight excluding hydrogens is 254 g/mol. The van der Waals surface area contributed by atoms with Gasteiger partial charge in [-0.05, 0) is 24.1 Å². The Morgan fingerprint density at radius 2 is 2.00 bits per heavy atom. The van der Waals surface area contributed by atoms with Gasteiger partial charge < -0.3 is 14.8 Å². The van der Waals surface area contributed by atoms with E-state index < -0.39 is 0 Å². The maximum absolute atomic E-state index is 12.0. The summed E-state index contributed by atoms with van der Waals surface area (Å²) in [6, 6.07) is 12.9. The summed E-state index contributed by atoms with van der Waals surface area (Å²) in [5, 5.41) is 12.2. The second kappa shape index (κ2) is 6.91. The lowest BCUT2D eigenvalue weighted by atomic mass is 10.1. The van der Waals surface area contributed by atoms with Crippen molar-refractivity contribution in [1.82, 2.24) is 5.32 Å². The Bertz CT molecular complexity index is 548. The van der Waals surface area contributed by atoms with E-state index in [0.717, 1.165) is 17.7 Å². The van der Waals surface area contributed by atoms with E-state index in [1.807, 2.05) is 37.3 Å². The predicted octanol–water partition coefficient (Wildman–Crippen LogP) is 2.18. The van der Waals surface area contributed by atoms with Gasteiger partial charge in [0.15, 0.2) is 5.76 Å². The third-order valence-corrected chi connectivity index (χ3v) is 3.11. The quantitative estimate of drug-likeness (QED) is 0.848. The minimum Gasteiger partial charge on any atom is -0.456 e. The number of aliphatic hydroxyl groups excluding tert-OH is 1. The first-order valence-corrected chi connectivity index (χ1v) is 6.77. The summed E-state index contributed by atoms with van der Waals surface area (Å²) in [6.45, 7) is 1.86. The summed E-state index contributed by atoms with van der Waals surface area (Å²) in [4.78, 5) is 12.0. The van der Waals surface area contributed by atoms with E-state index in [2.05, 4.69) is 5.32 Å². The summed E-state index contributed by atoms with van der Waals surface area (Å²) >= 11 is 0. The molecule has 2 N–H and O–H groups in total. The van der Waals surface area contributed by atoms with Crippen molar-refractivity contribution in [2.45, 2.75) is 25.8 Å². The minimum atomic E-state index is -0.319. The number of hydrogen-bond donors (Lipinski definition) is 2. The molecule has 1 atom stereocenters. The van der Waals surface area contributed by atoms with Crippen molar-refractivity contribution < 1.29 is 14.3 Å². The van der Waals surface area contributed by atoms with Gasteiger partial charge in [-0.1, -0.05) is 37.3 Å². The molecule has 0 bridgehead atoms. The third-order valence-electron chi connectivity index (χ3n) is 3.11. The zero-order valence-electron chi connectivity index (χ0n) is 11.5. The maximum atomic E-state index is 12.0. The summed E-state index contributed by atoms with van der Waals surface area (Å²) in [5.41, 5.74) is 1.07. The molecular formula is C16H19NO3. The molecule has 4 heteroatoms. The second-order valence-corrected chi connectivity index (χ2v) is 4.66. The summed E-state index contributed by atoms with van der Waals surface area (Å²) in [5.74, 6) is 0.770. The van der Waals surface area contributed by atoms with Gasteiger partial charge in [-0.2, -0.15) is 0 Å². The molecule has 2 rings (SSSR count). The Labute approximate surface area is 118 Å². The van der Waals surface area contributed by atoms with Gasteiger partial charge in [0.25, 0.3) is 5.91 Å². The van der Waals surface area contributed by atoms with Gasteiger partial charge in [0.1, 0.15) is 5.76 Å². The molecule has 1 aromatic heterocycles. The van der Waals surface area contributed by atoms with Crippen LogP contribution in [-0.4, -0.2) is 23.7 Å². The smallest absolute Gasteiger partial charge is 0.287 e. The highest BCUT2D eigenvalue weighted by atomic mass is 16.3. The lowest BCUT2D eigenvalue weighted by molar-refractivity contribution is 0.0887. The summed E-state index contributed by atoms with van der Waals surface area (Å²) < 4.78 is 5.40. The predicted molar refractivity (Wildman–Crippen MR) is 76.6 cm³/mol. The average Bonchev–Trinajstić information content (AvgIpc) is 2.96. The molecule has 1 heterocycles. The molecule has 4 nitrogen and oxygen atoms in total. The third kappa shape index (κ3) is 3.71. The van der Waals surface area contributed by atoms with Crippen molar-refractivity contribution in [2.24, 2.45) is 0 Å². The molecule has 2 aromatic rings. The molecule has 0 radical (unpaired) electrons. The summed E-state index contributed by atoms with van der Waals surface area (Å²) in [6.07, 6.45) is 1.34. The first kappa shape index (κ1) is 14.3. The van der Waals surface area contributed by atoms with Gasteiger partial charge in [0, 0.05) is 6.42 Å². The zero-order chi connectivity index (χ0) is 14.4. The highest BCUT2D eigenvalue weighted by Crippen LogP contribution is 2.09. The maximum Gasteiger partial charge on any atom is 0.287 e. The van der Waals surface area contributed by atoms with Crippen molar-refractivity contribution in [3.8, 4) is 0 Å². The van der Waals surface area contributed by atoms with Crippen LogP contribution in [0.4, 0.5) is 0 Å². The number of amides is 1. The average molecular weight is 273 g/mol. The fourth-order valence-electron chi connectivity index (χ4n) is 2.01. The number of furan rings is 1. The molecule has 106 valence electrons. The van der Waals surface area contributed by atoms with Crippen LogP contribution in [0.15, 0.2) is 46.9 Å². The highest BCUT2D eigenvalue weighted by Gasteiger charge is 2.16. The monoisotopic (exact) mass is 273 g/mol. The largest absolute Gasteiger partial charge is 0.456 e. The van der Waals surface area contributed by atoms with Gasteiger partial charge >= 0.3 is 0 Å². The number of aryl methyl sites for hydroxylation is 1. The molecule has 20 heavy (non-hydrogen) atoms. The Morgan fingerprint density at radius 3 is 2.60 bits per heavy atom. The fourth-order valence-corrected chi connectivity index (χ4v) is 2.01. The van der Waals surface area contributed by atoms with Crippen molar-refractivity contribution in [3.63, 3.8) is 0 Å². The van der Waals surface area contributed by atoms with E-state index in [0.29, 0.717) is 6.42 Å². The van der Waals surface area contributed by atoms with E-state index in [4.69, 9.17) is 4.42 Å².